The fraction of sp³-hybridized carbons (Fsp3) is 0. The van der Waals surface area contributed by atoms with E-state index in [-0.39, 0.29) is 10.8 Å². The van der Waals surface area contributed by atoms with E-state index in [1.54, 1.807) is 0 Å². The van der Waals surface area contributed by atoms with E-state index in [0.29, 0.717) is 5.52 Å². The van der Waals surface area contributed by atoms with Crippen LogP contribution in [0.25, 0.3) is 11.0 Å². The van der Waals surface area contributed by atoms with Crippen molar-refractivity contribution in [3.8, 4) is 0 Å². The molecule has 0 amide bonds. The van der Waals surface area contributed by atoms with Crippen molar-refractivity contribution >= 4 is 42.4 Å². The largest absolute Gasteiger partial charge is 0.329 e. The van der Waals surface area contributed by atoms with E-state index in [1.165, 1.54) is 6.07 Å². The number of fused-ring (bicyclic) bond motifs is 1. The van der Waals surface area contributed by atoms with Gasteiger partial charge in [0.2, 0.25) is 5.28 Å². The van der Waals surface area contributed by atoms with Gasteiger partial charge in [0.1, 0.15) is 16.2 Å². The normalized spacial score (nSPS) is 12.2. The van der Waals surface area contributed by atoms with Crippen molar-refractivity contribution in [1.82, 2.24) is 9.97 Å². The second kappa shape index (κ2) is 3.33. The zero-order valence-electron chi connectivity index (χ0n) is 6.96. The van der Waals surface area contributed by atoms with Crippen LogP contribution in [0.3, 0.4) is 0 Å². The number of aromatic amines is 1. The van der Waals surface area contributed by atoms with E-state index in [0.717, 1.165) is 6.07 Å². The van der Waals surface area contributed by atoms with Crippen LogP contribution in [0.2, 0.25) is 5.28 Å². The van der Waals surface area contributed by atoms with Crippen LogP contribution in [-0.2, 0) is 9.05 Å². The fourth-order valence-electron chi connectivity index (χ4n) is 1.23. The molecular formula is C7H3Cl2FN2O2S. The Labute approximate surface area is 93.4 Å². The number of rotatable bonds is 1. The van der Waals surface area contributed by atoms with Gasteiger partial charge in [0.15, 0.2) is 0 Å². The summed E-state index contributed by atoms with van der Waals surface area (Å²) in [5.74, 6) is -0.958. The molecule has 0 aliphatic carbocycles. The summed E-state index contributed by atoms with van der Waals surface area (Å²) in [6.45, 7) is 0. The molecule has 15 heavy (non-hydrogen) atoms. The molecule has 0 aliphatic rings. The third-order valence-corrected chi connectivity index (χ3v) is 3.29. The van der Waals surface area contributed by atoms with Gasteiger partial charge >= 0.3 is 0 Å². The molecule has 0 spiro atoms. The van der Waals surface area contributed by atoms with Crippen molar-refractivity contribution in [2.75, 3.05) is 0 Å². The highest BCUT2D eigenvalue weighted by atomic mass is 35.7. The molecule has 1 aromatic heterocycles. The predicted octanol–water partition coefficient (Wildman–Crippen LogP) is 2.28. The number of nitrogens with zero attached hydrogens (tertiary/aromatic N) is 1. The highest BCUT2D eigenvalue weighted by molar-refractivity contribution is 8.14. The number of nitrogens with one attached hydrogen (secondary N) is 1. The van der Waals surface area contributed by atoms with Gasteiger partial charge in [-0.3, -0.25) is 0 Å². The van der Waals surface area contributed by atoms with E-state index in [1.807, 2.05) is 0 Å². The maximum atomic E-state index is 13.3. The molecule has 0 saturated carbocycles. The van der Waals surface area contributed by atoms with Crippen molar-refractivity contribution < 1.29 is 12.8 Å². The molecule has 1 aromatic carbocycles. The highest BCUT2D eigenvalue weighted by Crippen LogP contribution is 2.27. The Balaban J connectivity index is 2.98. The van der Waals surface area contributed by atoms with Crippen LogP contribution in [0.15, 0.2) is 17.0 Å². The van der Waals surface area contributed by atoms with E-state index in [9.17, 15) is 12.8 Å². The fourth-order valence-corrected chi connectivity index (χ4v) is 2.54. The Morgan fingerprint density at radius 1 is 1.40 bits per heavy atom. The number of imidazole rings is 1. The lowest BCUT2D eigenvalue weighted by atomic mass is 10.3. The van der Waals surface area contributed by atoms with Crippen LogP contribution in [0.1, 0.15) is 0 Å². The number of aromatic nitrogens is 2. The second-order valence-electron chi connectivity index (χ2n) is 2.74. The van der Waals surface area contributed by atoms with Gasteiger partial charge in [-0.15, -0.1) is 0 Å². The third-order valence-electron chi connectivity index (χ3n) is 1.78. The Bertz CT molecular complexity index is 638. The molecule has 4 nitrogen and oxygen atoms in total. The summed E-state index contributed by atoms with van der Waals surface area (Å²) in [5.41, 5.74) is 0.204. The van der Waals surface area contributed by atoms with E-state index >= 15 is 0 Å². The number of halogens is 3. The van der Waals surface area contributed by atoms with Gasteiger partial charge in [-0.25, -0.2) is 17.8 Å². The second-order valence-corrected chi connectivity index (χ2v) is 5.60. The minimum absolute atomic E-state index is 0.0304. The van der Waals surface area contributed by atoms with Crippen molar-refractivity contribution in [2.45, 2.75) is 4.90 Å². The maximum Gasteiger partial charge on any atom is 0.266 e. The first-order valence-corrected chi connectivity index (χ1v) is 6.36. The number of hydrogen-bond acceptors (Lipinski definition) is 3. The number of H-pyrrole nitrogens is 1. The molecule has 80 valence electrons. The molecular weight excluding hydrogens is 266 g/mol. The molecule has 0 saturated heterocycles. The van der Waals surface area contributed by atoms with Crippen LogP contribution in [-0.4, -0.2) is 18.4 Å². The van der Waals surface area contributed by atoms with Crippen molar-refractivity contribution in [2.24, 2.45) is 0 Å². The van der Waals surface area contributed by atoms with Gasteiger partial charge in [0.05, 0.1) is 5.52 Å². The Morgan fingerprint density at radius 3 is 2.67 bits per heavy atom. The minimum Gasteiger partial charge on any atom is -0.329 e. The Hall–Kier alpha value is -0.850. The van der Waals surface area contributed by atoms with Gasteiger partial charge in [0.25, 0.3) is 9.05 Å². The average Bonchev–Trinajstić information content (AvgIpc) is 2.41. The number of benzene rings is 1. The first-order valence-electron chi connectivity index (χ1n) is 3.68. The summed E-state index contributed by atoms with van der Waals surface area (Å²) >= 11 is 5.53. The standard InChI is InChI=1S/C7H3Cl2FN2O2S/c8-7-11-4-2-1-3(10)6(5(4)12-7)15(9,13)14/h1-2H,(H,11,12). The van der Waals surface area contributed by atoms with Crippen LogP contribution in [0.5, 0.6) is 0 Å². The summed E-state index contributed by atoms with van der Waals surface area (Å²) in [5, 5.41) is -0.0304. The minimum atomic E-state index is -4.19. The first-order chi connectivity index (χ1) is 6.89. The molecule has 0 atom stereocenters. The molecule has 0 aliphatic heterocycles. The monoisotopic (exact) mass is 268 g/mol. The Kier molecular flexibility index (Phi) is 2.37. The summed E-state index contributed by atoms with van der Waals surface area (Å²) in [4.78, 5) is 5.55. The van der Waals surface area contributed by atoms with E-state index in [4.69, 9.17) is 22.3 Å². The van der Waals surface area contributed by atoms with Gasteiger partial charge in [-0.2, -0.15) is 0 Å². The number of hydrogen-bond donors (Lipinski definition) is 1. The molecule has 1 heterocycles. The van der Waals surface area contributed by atoms with Crippen LogP contribution in [0.4, 0.5) is 4.39 Å². The molecule has 0 radical (unpaired) electrons. The summed E-state index contributed by atoms with van der Waals surface area (Å²) < 4.78 is 35.5. The molecule has 8 heteroatoms. The summed E-state index contributed by atoms with van der Waals surface area (Å²) in [7, 11) is 0.897. The molecule has 0 unspecified atom stereocenters. The first kappa shape index (κ1) is 10.7. The zero-order chi connectivity index (χ0) is 11.2. The lowest BCUT2D eigenvalue weighted by Crippen LogP contribution is -1.96. The maximum absolute atomic E-state index is 13.3. The van der Waals surface area contributed by atoms with Crippen LogP contribution >= 0.6 is 22.3 Å². The summed E-state index contributed by atoms with van der Waals surface area (Å²) in [6.07, 6.45) is 0. The van der Waals surface area contributed by atoms with Crippen LogP contribution in [0, 0.1) is 5.82 Å². The van der Waals surface area contributed by atoms with Crippen molar-refractivity contribution in [1.29, 1.82) is 0 Å². The zero-order valence-corrected chi connectivity index (χ0v) is 9.29. The van der Waals surface area contributed by atoms with Crippen molar-refractivity contribution in [3.63, 3.8) is 0 Å². The quantitative estimate of drug-likeness (QED) is 0.808. The van der Waals surface area contributed by atoms with Crippen LogP contribution < -0.4 is 0 Å². The lowest BCUT2D eigenvalue weighted by molar-refractivity contribution is 0.578. The van der Waals surface area contributed by atoms with Gasteiger partial charge in [-0.05, 0) is 23.7 Å². The van der Waals surface area contributed by atoms with Gasteiger partial charge in [-0.1, -0.05) is 0 Å². The molecule has 0 bridgehead atoms. The van der Waals surface area contributed by atoms with Crippen molar-refractivity contribution in [3.05, 3.63) is 23.2 Å². The highest BCUT2D eigenvalue weighted by Gasteiger charge is 2.22. The Morgan fingerprint density at radius 2 is 2.07 bits per heavy atom. The van der Waals surface area contributed by atoms with Gasteiger partial charge in [0, 0.05) is 10.7 Å². The lowest BCUT2D eigenvalue weighted by Gasteiger charge is -1.98. The summed E-state index contributed by atoms with van der Waals surface area (Å²) in [6, 6.07) is 2.31. The smallest absolute Gasteiger partial charge is 0.266 e. The molecule has 0 fully saturated rings. The predicted molar refractivity (Wildman–Crippen MR) is 54.1 cm³/mol. The average molecular weight is 269 g/mol. The molecule has 2 aromatic rings. The van der Waals surface area contributed by atoms with E-state index < -0.39 is 19.8 Å². The van der Waals surface area contributed by atoms with Gasteiger partial charge < -0.3 is 4.98 Å². The third kappa shape index (κ3) is 1.80. The molecule has 2 rings (SSSR count). The topological polar surface area (TPSA) is 62.8 Å². The molecule has 1 N–H and O–H groups in total. The van der Waals surface area contributed by atoms with E-state index in [2.05, 4.69) is 9.97 Å². The SMILES string of the molecule is O=S(=O)(Cl)c1c(F)ccc2[nH]c(Cl)nc12.